The first-order valence-corrected chi connectivity index (χ1v) is 7.18. The van der Waals surface area contributed by atoms with E-state index in [1.807, 2.05) is 12.1 Å². The molecule has 2 heterocycles. The van der Waals surface area contributed by atoms with E-state index in [1.54, 1.807) is 13.1 Å². The Morgan fingerprint density at radius 3 is 2.80 bits per heavy atom. The van der Waals surface area contributed by atoms with Crippen LogP contribution in [0.25, 0.3) is 0 Å². The molecule has 0 saturated carbocycles. The molecule has 0 radical (unpaired) electrons. The summed E-state index contributed by atoms with van der Waals surface area (Å²) in [6.07, 6.45) is 2.50. The quantitative estimate of drug-likeness (QED) is 0.929. The highest BCUT2D eigenvalue weighted by Crippen LogP contribution is 2.30. The molecule has 3 nitrogen and oxygen atoms in total. The van der Waals surface area contributed by atoms with Crippen molar-refractivity contribution in [3.63, 3.8) is 0 Å². The minimum Gasteiger partial charge on any atom is -0.389 e. The molecule has 1 aromatic heterocycles. The fourth-order valence-corrected chi connectivity index (χ4v) is 2.83. The Kier molecular flexibility index (Phi) is 3.70. The molecule has 1 aliphatic rings. The van der Waals surface area contributed by atoms with Gasteiger partial charge in [-0.3, -0.25) is 0 Å². The monoisotopic (exact) mass is 268 g/mol. The SMILES string of the molecule is C[C@H](O)c1ccnc(N2CCC(c3ccccc3)C2)c1. The van der Waals surface area contributed by atoms with E-state index in [-0.39, 0.29) is 0 Å². The first-order chi connectivity index (χ1) is 9.74. The average molecular weight is 268 g/mol. The lowest BCUT2D eigenvalue weighted by molar-refractivity contribution is 0.199. The number of anilines is 1. The van der Waals surface area contributed by atoms with E-state index in [4.69, 9.17) is 0 Å². The highest BCUT2D eigenvalue weighted by atomic mass is 16.3. The van der Waals surface area contributed by atoms with Gasteiger partial charge in [0.25, 0.3) is 0 Å². The fraction of sp³-hybridized carbons (Fsp3) is 0.353. The van der Waals surface area contributed by atoms with E-state index in [2.05, 4.69) is 40.2 Å². The van der Waals surface area contributed by atoms with Crippen LogP contribution in [0.5, 0.6) is 0 Å². The molecule has 20 heavy (non-hydrogen) atoms. The summed E-state index contributed by atoms with van der Waals surface area (Å²) in [5, 5.41) is 9.67. The number of aromatic nitrogens is 1. The highest BCUT2D eigenvalue weighted by molar-refractivity contribution is 5.44. The summed E-state index contributed by atoms with van der Waals surface area (Å²) in [7, 11) is 0. The second-order valence-corrected chi connectivity index (χ2v) is 5.47. The van der Waals surface area contributed by atoms with Crippen molar-refractivity contribution in [2.45, 2.75) is 25.4 Å². The van der Waals surface area contributed by atoms with Crippen LogP contribution >= 0.6 is 0 Å². The third kappa shape index (κ3) is 2.68. The summed E-state index contributed by atoms with van der Waals surface area (Å²) in [6.45, 7) is 3.81. The van der Waals surface area contributed by atoms with Crippen LogP contribution < -0.4 is 4.90 Å². The molecule has 1 fully saturated rings. The van der Waals surface area contributed by atoms with E-state index in [1.165, 1.54) is 5.56 Å². The highest BCUT2D eigenvalue weighted by Gasteiger charge is 2.24. The molecule has 0 bridgehead atoms. The molecule has 1 N–H and O–H groups in total. The maximum Gasteiger partial charge on any atom is 0.128 e. The third-order valence-electron chi connectivity index (χ3n) is 4.04. The van der Waals surface area contributed by atoms with Crippen molar-refractivity contribution in [3.8, 4) is 0 Å². The van der Waals surface area contributed by atoms with E-state index in [0.717, 1.165) is 30.9 Å². The molecule has 1 unspecified atom stereocenters. The van der Waals surface area contributed by atoms with Crippen LogP contribution in [0.2, 0.25) is 0 Å². The standard InChI is InChI=1S/C17H20N2O/c1-13(20)15-7-9-18-17(11-15)19-10-8-16(12-19)14-5-3-2-4-6-14/h2-7,9,11,13,16,20H,8,10,12H2,1H3/t13-,16?/m0/s1. The van der Waals surface area contributed by atoms with Crippen molar-refractivity contribution in [2.24, 2.45) is 0 Å². The molecule has 3 heteroatoms. The number of hydrogen-bond donors (Lipinski definition) is 1. The maximum absolute atomic E-state index is 9.67. The largest absolute Gasteiger partial charge is 0.389 e. The molecule has 1 aliphatic heterocycles. The molecule has 1 aromatic carbocycles. The Bertz CT molecular complexity index is 568. The molecule has 1 saturated heterocycles. The Balaban J connectivity index is 1.76. The summed E-state index contributed by atoms with van der Waals surface area (Å²) >= 11 is 0. The lowest BCUT2D eigenvalue weighted by Crippen LogP contribution is -2.20. The number of benzene rings is 1. The van der Waals surface area contributed by atoms with Crippen LogP contribution in [0.3, 0.4) is 0 Å². The zero-order valence-corrected chi connectivity index (χ0v) is 11.7. The number of rotatable bonds is 3. The van der Waals surface area contributed by atoms with Gasteiger partial charge in [0.15, 0.2) is 0 Å². The molecule has 0 aliphatic carbocycles. The third-order valence-corrected chi connectivity index (χ3v) is 4.04. The van der Waals surface area contributed by atoms with Gasteiger partial charge in [-0.15, -0.1) is 0 Å². The summed E-state index contributed by atoms with van der Waals surface area (Å²) in [5.74, 6) is 1.55. The van der Waals surface area contributed by atoms with Gasteiger partial charge in [-0.2, -0.15) is 0 Å². The minimum atomic E-state index is -0.440. The van der Waals surface area contributed by atoms with Crippen LogP contribution in [-0.2, 0) is 0 Å². The summed E-state index contributed by atoms with van der Waals surface area (Å²) in [4.78, 5) is 6.76. The van der Waals surface area contributed by atoms with Crippen LogP contribution in [0.1, 0.15) is 36.5 Å². The van der Waals surface area contributed by atoms with E-state index in [9.17, 15) is 5.11 Å². The first kappa shape index (κ1) is 13.1. The molecule has 0 spiro atoms. The summed E-state index contributed by atoms with van der Waals surface area (Å²) in [5.41, 5.74) is 2.33. The molecule has 3 rings (SSSR count). The maximum atomic E-state index is 9.67. The van der Waals surface area contributed by atoms with Crippen LogP contribution in [0.4, 0.5) is 5.82 Å². The van der Waals surface area contributed by atoms with Gasteiger partial charge < -0.3 is 10.0 Å². The van der Waals surface area contributed by atoms with Crippen LogP contribution in [0.15, 0.2) is 48.7 Å². The summed E-state index contributed by atoms with van der Waals surface area (Å²) < 4.78 is 0. The second-order valence-electron chi connectivity index (χ2n) is 5.47. The van der Waals surface area contributed by atoms with Gasteiger partial charge in [0.2, 0.25) is 0 Å². The molecular weight excluding hydrogens is 248 g/mol. The topological polar surface area (TPSA) is 36.4 Å². The van der Waals surface area contributed by atoms with Crippen LogP contribution in [0, 0.1) is 0 Å². The Labute approximate surface area is 119 Å². The van der Waals surface area contributed by atoms with Gasteiger partial charge in [0.05, 0.1) is 6.10 Å². The van der Waals surface area contributed by atoms with Gasteiger partial charge in [0.1, 0.15) is 5.82 Å². The molecular formula is C17H20N2O. The molecule has 2 atom stereocenters. The number of hydrogen-bond acceptors (Lipinski definition) is 3. The van der Waals surface area contributed by atoms with Crippen molar-refractivity contribution in [1.82, 2.24) is 4.98 Å². The van der Waals surface area contributed by atoms with Gasteiger partial charge in [-0.1, -0.05) is 30.3 Å². The first-order valence-electron chi connectivity index (χ1n) is 7.18. The van der Waals surface area contributed by atoms with E-state index in [0.29, 0.717) is 5.92 Å². The van der Waals surface area contributed by atoms with E-state index < -0.39 is 6.10 Å². The summed E-state index contributed by atoms with van der Waals surface area (Å²) in [6, 6.07) is 14.5. The van der Waals surface area contributed by atoms with Crippen molar-refractivity contribution in [1.29, 1.82) is 0 Å². The Hall–Kier alpha value is -1.87. The van der Waals surface area contributed by atoms with Crippen molar-refractivity contribution in [2.75, 3.05) is 18.0 Å². The van der Waals surface area contributed by atoms with Crippen molar-refractivity contribution in [3.05, 3.63) is 59.8 Å². The fourth-order valence-electron chi connectivity index (χ4n) is 2.83. The Morgan fingerprint density at radius 1 is 1.25 bits per heavy atom. The lowest BCUT2D eigenvalue weighted by atomic mass is 9.99. The zero-order chi connectivity index (χ0) is 13.9. The predicted molar refractivity (Wildman–Crippen MR) is 80.9 cm³/mol. The van der Waals surface area contributed by atoms with Crippen molar-refractivity contribution < 1.29 is 5.11 Å². The van der Waals surface area contributed by atoms with Gasteiger partial charge >= 0.3 is 0 Å². The Morgan fingerprint density at radius 2 is 2.05 bits per heavy atom. The number of aliphatic hydroxyl groups excluding tert-OH is 1. The average Bonchev–Trinajstić information content (AvgIpc) is 2.98. The molecule has 2 aromatic rings. The van der Waals surface area contributed by atoms with Crippen molar-refractivity contribution >= 4 is 5.82 Å². The molecule has 0 amide bonds. The number of nitrogens with zero attached hydrogens (tertiary/aromatic N) is 2. The zero-order valence-electron chi connectivity index (χ0n) is 11.7. The lowest BCUT2D eigenvalue weighted by Gasteiger charge is -2.19. The van der Waals surface area contributed by atoms with Gasteiger partial charge in [-0.05, 0) is 36.6 Å². The number of aliphatic hydroxyl groups is 1. The van der Waals surface area contributed by atoms with E-state index >= 15 is 0 Å². The smallest absolute Gasteiger partial charge is 0.128 e. The predicted octanol–water partition coefficient (Wildman–Crippen LogP) is 3.13. The number of pyridine rings is 1. The van der Waals surface area contributed by atoms with Gasteiger partial charge in [0, 0.05) is 25.2 Å². The van der Waals surface area contributed by atoms with Gasteiger partial charge in [-0.25, -0.2) is 4.98 Å². The minimum absolute atomic E-state index is 0.440. The normalized spacial score (nSPS) is 20.1. The molecule has 104 valence electrons. The van der Waals surface area contributed by atoms with Crippen LogP contribution in [-0.4, -0.2) is 23.2 Å². The second kappa shape index (κ2) is 5.63.